The first-order chi connectivity index (χ1) is 17.4. The van der Waals surface area contributed by atoms with Crippen molar-refractivity contribution in [2.24, 2.45) is 0 Å². The van der Waals surface area contributed by atoms with Gasteiger partial charge in [0.05, 0.1) is 12.8 Å². The summed E-state index contributed by atoms with van der Waals surface area (Å²) in [5.74, 6) is 0. The smallest absolute Gasteiger partial charge is 0.331 e. The Kier molecular flexibility index (Phi) is 19.5. The minimum atomic E-state index is -3.71. The molecule has 8 nitrogen and oxygen atoms in total. The van der Waals surface area contributed by atoms with Gasteiger partial charge in [-0.15, -0.1) is 0 Å². The van der Waals surface area contributed by atoms with Gasteiger partial charge in [-0.05, 0) is 12.8 Å². The highest BCUT2D eigenvalue weighted by Crippen LogP contribution is 2.41. The summed E-state index contributed by atoms with van der Waals surface area (Å²) in [6, 6.07) is 1.25. The highest BCUT2D eigenvalue weighted by Gasteiger charge is 2.16. The predicted octanol–water partition coefficient (Wildman–Crippen LogP) is 6.18. The van der Waals surface area contributed by atoms with Crippen LogP contribution in [0.2, 0.25) is 0 Å². The van der Waals surface area contributed by atoms with E-state index in [1.54, 1.807) is 6.08 Å². The maximum absolute atomic E-state index is 12.0. The highest BCUT2D eigenvalue weighted by atomic mass is 31.2. The zero-order chi connectivity index (χ0) is 26.3. The number of nitrogens with one attached hydrogen (secondary N) is 1. The van der Waals surface area contributed by atoms with Gasteiger partial charge >= 0.3 is 13.3 Å². The normalized spacial score (nSPS) is 13.4. The number of nitrogens with zero attached hydrogens (tertiary/aromatic N) is 1. The van der Waals surface area contributed by atoms with Crippen LogP contribution in [0, 0.1) is 0 Å². The number of hydrogen-bond acceptors (Lipinski definition) is 5. The van der Waals surface area contributed by atoms with Crippen LogP contribution in [0.4, 0.5) is 0 Å². The van der Waals surface area contributed by atoms with E-state index >= 15 is 0 Å². The fourth-order valence-electron chi connectivity index (χ4n) is 3.91. The lowest BCUT2D eigenvalue weighted by atomic mass is 10.0. The molecule has 208 valence electrons. The lowest BCUT2D eigenvalue weighted by molar-refractivity contribution is 0.114. The van der Waals surface area contributed by atoms with Gasteiger partial charge in [0.15, 0.2) is 0 Å². The topological polar surface area (TPSA) is 111 Å². The fraction of sp³-hybridized carbons (Fsp3) is 0.778. The summed E-state index contributed by atoms with van der Waals surface area (Å²) in [6.07, 6.45) is 23.6. The largest absolute Gasteiger partial charge is 0.381 e. The van der Waals surface area contributed by atoms with Crippen LogP contribution in [-0.4, -0.2) is 40.4 Å². The van der Waals surface area contributed by atoms with Gasteiger partial charge in [0.2, 0.25) is 0 Å². The van der Waals surface area contributed by atoms with Crippen molar-refractivity contribution in [1.82, 2.24) is 9.55 Å². The number of ether oxygens (including phenoxy) is 1. The molecule has 9 heteroatoms. The van der Waals surface area contributed by atoms with Crippen LogP contribution in [0.3, 0.4) is 0 Å². The molecule has 1 aromatic heterocycles. The summed E-state index contributed by atoms with van der Waals surface area (Å²) in [4.78, 5) is 34.6. The predicted molar refractivity (Wildman–Crippen MR) is 147 cm³/mol. The third kappa shape index (κ3) is 18.8. The van der Waals surface area contributed by atoms with Crippen molar-refractivity contribution in [3.63, 3.8) is 0 Å². The zero-order valence-corrected chi connectivity index (χ0v) is 23.2. The molecule has 0 saturated heterocycles. The molecule has 0 amide bonds. The Bertz CT molecular complexity index is 851. The molecular formula is C27H49N2O6P. The minimum absolute atomic E-state index is 0.134. The van der Waals surface area contributed by atoms with E-state index in [1.165, 1.54) is 106 Å². The van der Waals surface area contributed by atoms with Crippen molar-refractivity contribution >= 4 is 7.60 Å². The number of unbranched alkanes of at least 4 members (excludes halogenated alkanes) is 13. The van der Waals surface area contributed by atoms with Gasteiger partial charge in [-0.25, -0.2) is 4.79 Å². The standard InChI is InChI=1S/C27H49N2O6P/c1-2-3-4-5-6-7-8-9-10-11-12-13-14-16-22-34-23-18-24-35-36(32,33)25-17-15-20-29-21-19-26(30)28-27(29)31/h15,17,19,21H,2-14,16,18,20,22-25H2,1H3,(H,32,33)(H,28,30,31)/b17-15+. The van der Waals surface area contributed by atoms with Gasteiger partial charge in [0.1, 0.15) is 0 Å². The SMILES string of the molecule is CCCCCCCCCCCCCCCCOCCCOP(=O)(O)C/C=C/Cn1ccc(=O)[nH]c1=O. The van der Waals surface area contributed by atoms with Crippen LogP contribution >= 0.6 is 7.60 Å². The molecule has 1 atom stereocenters. The first-order valence-corrected chi connectivity index (χ1v) is 15.7. The number of allylic oxidation sites excluding steroid dienone is 2. The third-order valence-corrected chi connectivity index (χ3v) is 7.33. The molecule has 0 saturated carbocycles. The van der Waals surface area contributed by atoms with E-state index in [2.05, 4.69) is 11.9 Å². The van der Waals surface area contributed by atoms with Gasteiger partial charge in [0.25, 0.3) is 5.56 Å². The number of H-pyrrole nitrogens is 1. The summed E-state index contributed by atoms with van der Waals surface area (Å²) in [5.41, 5.74) is -0.985. The molecule has 0 fully saturated rings. The molecule has 0 aromatic carbocycles. The maximum atomic E-state index is 12.0. The van der Waals surface area contributed by atoms with Crippen molar-refractivity contribution in [2.75, 3.05) is 26.0 Å². The second-order valence-electron chi connectivity index (χ2n) is 9.45. The summed E-state index contributed by atoms with van der Waals surface area (Å²) in [7, 11) is -3.71. The molecule has 1 heterocycles. The lowest BCUT2D eigenvalue weighted by Gasteiger charge is -2.10. The van der Waals surface area contributed by atoms with E-state index < -0.39 is 18.8 Å². The Morgan fingerprint density at radius 3 is 1.97 bits per heavy atom. The molecule has 1 aromatic rings. The summed E-state index contributed by atoms with van der Waals surface area (Å²) >= 11 is 0. The molecule has 0 aliphatic heterocycles. The van der Waals surface area contributed by atoms with E-state index in [4.69, 9.17) is 9.26 Å². The Morgan fingerprint density at radius 2 is 1.39 bits per heavy atom. The van der Waals surface area contributed by atoms with E-state index in [9.17, 15) is 19.0 Å². The fourth-order valence-corrected chi connectivity index (χ4v) is 4.84. The van der Waals surface area contributed by atoms with Crippen molar-refractivity contribution in [2.45, 2.75) is 110 Å². The Balaban J connectivity index is 1.88. The van der Waals surface area contributed by atoms with E-state index in [-0.39, 0.29) is 19.3 Å². The van der Waals surface area contributed by atoms with Gasteiger partial charge in [-0.3, -0.25) is 18.9 Å². The Hall–Kier alpha value is -1.47. The second kappa shape index (κ2) is 21.6. The van der Waals surface area contributed by atoms with Crippen molar-refractivity contribution < 1.29 is 18.7 Å². The van der Waals surface area contributed by atoms with Crippen LogP contribution in [0.5, 0.6) is 0 Å². The van der Waals surface area contributed by atoms with E-state index in [0.29, 0.717) is 13.0 Å². The van der Waals surface area contributed by atoms with Crippen LogP contribution in [0.15, 0.2) is 34.0 Å². The molecule has 0 bridgehead atoms. The highest BCUT2D eigenvalue weighted by molar-refractivity contribution is 7.53. The van der Waals surface area contributed by atoms with Gasteiger partial charge in [0, 0.05) is 32.0 Å². The van der Waals surface area contributed by atoms with Crippen molar-refractivity contribution in [1.29, 1.82) is 0 Å². The van der Waals surface area contributed by atoms with E-state index in [0.717, 1.165) is 13.0 Å². The molecule has 0 aliphatic rings. The molecule has 2 N–H and O–H groups in total. The average molecular weight is 529 g/mol. The van der Waals surface area contributed by atoms with Crippen LogP contribution < -0.4 is 11.2 Å². The Morgan fingerprint density at radius 1 is 0.833 bits per heavy atom. The van der Waals surface area contributed by atoms with Gasteiger partial charge in [-0.1, -0.05) is 103 Å². The van der Waals surface area contributed by atoms with Crippen molar-refractivity contribution in [3.05, 3.63) is 45.3 Å². The number of hydrogen-bond donors (Lipinski definition) is 2. The molecular weight excluding hydrogens is 479 g/mol. The summed E-state index contributed by atoms with van der Waals surface area (Å²) in [5, 5.41) is 0. The van der Waals surface area contributed by atoms with E-state index in [1.807, 2.05) is 0 Å². The molecule has 0 radical (unpaired) electrons. The average Bonchev–Trinajstić information content (AvgIpc) is 2.84. The molecule has 0 aliphatic carbocycles. The molecule has 36 heavy (non-hydrogen) atoms. The minimum Gasteiger partial charge on any atom is -0.381 e. The lowest BCUT2D eigenvalue weighted by Crippen LogP contribution is -2.28. The monoisotopic (exact) mass is 528 g/mol. The molecule has 0 spiro atoms. The van der Waals surface area contributed by atoms with Crippen LogP contribution in [0.1, 0.15) is 103 Å². The number of rotatable bonds is 24. The van der Waals surface area contributed by atoms with Crippen LogP contribution in [-0.2, 0) is 20.4 Å². The summed E-state index contributed by atoms with van der Waals surface area (Å²) in [6.45, 7) is 3.87. The zero-order valence-electron chi connectivity index (χ0n) is 22.3. The number of aromatic amines is 1. The third-order valence-electron chi connectivity index (χ3n) is 6.07. The molecule has 1 rings (SSSR count). The number of aromatic nitrogens is 2. The quantitative estimate of drug-likeness (QED) is 0.0941. The summed E-state index contributed by atoms with van der Waals surface area (Å²) < 4.78 is 24.0. The molecule has 1 unspecified atom stereocenters. The Labute approximate surface area is 217 Å². The first-order valence-electron chi connectivity index (χ1n) is 13.9. The van der Waals surface area contributed by atoms with Crippen molar-refractivity contribution in [3.8, 4) is 0 Å². The van der Waals surface area contributed by atoms with Gasteiger partial charge < -0.3 is 14.2 Å². The second-order valence-corrected chi connectivity index (χ2v) is 11.3. The first kappa shape index (κ1) is 32.6. The van der Waals surface area contributed by atoms with Gasteiger partial charge in [-0.2, -0.15) is 0 Å². The van der Waals surface area contributed by atoms with Crippen LogP contribution in [0.25, 0.3) is 0 Å². The maximum Gasteiger partial charge on any atom is 0.331 e.